The summed E-state index contributed by atoms with van der Waals surface area (Å²) in [6.07, 6.45) is 3.08. The van der Waals surface area contributed by atoms with Crippen LogP contribution in [0.5, 0.6) is 0 Å². The van der Waals surface area contributed by atoms with Crippen LogP contribution in [0.2, 0.25) is 0 Å². The van der Waals surface area contributed by atoms with Crippen molar-refractivity contribution >= 4 is 38.3 Å². The first-order chi connectivity index (χ1) is 7.10. The second kappa shape index (κ2) is 5.42. The Morgan fingerprint density at radius 3 is 2.80 bits per heavy atom. The van der Waals surface area contributed by atoms with E-state index in [1.54, 1.807) is 6.08 Å². The van der Waals surface area contributed by atoms with E-state index in [-0.39, 0.29) is 0 Å². The number of nitrogens with two attached hydrogens (primary N) is 1. The molecule has 0 aliphatic carbocycles. The number of hydrogen-bond acceptors (Lipinski definition) is 1. The van der Waals surface area contributed by atoms with Gasteiger partial charge in [0.05, 0.1) is 10.6 Å². The molecule has 0 aliphatic rings. The van der Waals surface area contributed by atoms with E-state index in [4.69, 9.17) is 16.8 Å². The Morgan fingerprint density at radius 2 is 2.27 bits per heavy atom. The Kier molecular flexibility index (Phi) is 4.47. The number of benzene rings is 1. The average Bonchev–Trinajstić information content (AvgIpc) is 2.16. The molecule has 0 radical (unpaired) electrons. The van der Waals surface area contributed by atoms with Crippen molar-refractivity contribution in [1.82, 2.24) is 0 Å². The molecule has 0 saturated heterocycles. The van der Waals surface area contributed by atoms with Crippen molar-refractivity contribution in [2.75, 3.05) is 0 Å². The van der Waals surface area contributed by atoms with E-state index < -0.39 is 5.82 Å². The van der Waals surface area contributed by atoms with Crippen LogP contribution in [0.15, 0.2) is 35.3 Å². The van der Waals surface area contributed by atoms with Crippen molar-refractivity contribution in [2.24, 2.45) is 0 Å². The van der Waals surface area contributed by atoms with E-state index >= 15 is 0 Å². The Hall–Kier alpha value is -0.680. The summed E-state index contributed by atoms with van der Waals surface area (Å²) in [5.41, 5.74) is 1.65. The summed E-state index contributed by atoms with van der Waals surface area (Å²) >= 11 is 9.13. The highest BCUT2D eigenvalue weighted by Gasteiger charge is 2.15. The molecule has 1 aromatic carbocycles. The van der Waals surface area contributed by atoms with Crippen LogP contribution in [0.25, 0.3) is 5.03 Å². The van der Waals surface area contributed by atoms with Gasteiger partial charge in [-0.1, -0.05) is 24.3 Å². The van der Waals surface area contributed by atoms with Crippen molar-refractivity contribution in [1.29, 1.82) is 0 Å². The minimum Gasteiger partial charge on any atom is -0.215 e. The first-order valence-corrected chi connectivity index (χ1v) is 5.22. The normalized spacial score (nSPS) is 11.6. The first kappa shape index (κ1) is 12.4. The second-order valence-electron chi connectivity index (χ2n) is 2.73. The summed E-state index contributed by atoms with van der Waals surface area (Å²) < 4.78 is 13.5. The van der Waals surface area contributed by atoms with Crippen molar-refractivity contribution in [2.45, 2.75) is 0 Å². The van der Waals surface area contributed by atoms with Crippen molar-refractivity contribution in [3.8, 4) is 0 Å². The van der Waals surface area contributed by atoms with E-state index in [1.807, 2.05) is 0 Å². The van der Waals surface area contributed by atoms with Crippen molar-refractivity contribution in [3.63, 3.8) is 0 Å². The van der Waals surface area contributed by atoms with E-state index in [9.17, 15) is 4.39 Å². The Labute approximate surface area is 100 Å². The lowest BCUT2D eigenvalue weighted by Gasteiger charge is -2.05. The van der Waals surface area contributed by atoms with E-state index in [1.165, 1.54) is 18.2 Å². The molecule has 0 fully saturated rings. The third kappa shape index (κ3) is 2.89. The van der Waals surface area contributed by atoms with Gasteiger partial charge in [-0.3, -0.25) is 0 Å². The van der Waals surface area contributed by atoms with Crippen LogP contribution in [0, 0.1) is 5.82 Å². The number of allylic oxidation sites excluding steroid dienone is 2. The number of halogens is 3. The van der Waals surface area contributed by atoms with Crippen LogP contribution in [-0.4, -0.2) is 5.21 Å². The van der Waals surface area contributed by atoms with E-state index in [0.717, 1.165) is 5.48 Å². The molecule has 0 aromatic heterocycles. The van der Waals surface area contributed by atoms with E-state index in [0.29, 0.717) is 20.8 Å². The number of rotatable bonds is 3. The molecule has 1 rings (SSSR count). The molecular formula is C10H9BrClFNO+. The molecule has 0 heterocycles. The van der Waals surface area contributed by atoms with Crippen LogP contribution in [0.3, 0.4) is 0 Å². The van der Waals surface area contributed by atoms with Gasteiger partial charge in [0.1, 0.15) is 5.82 Å². The molecule has 1 aromatic rings. The van der Waals surface area contributed by atoms with Gasteiger partial charge in [-0.2, -0.15) is 5.48 Å². The molecule has 0 spiro atoms. The Morgan fingerprint density at radius 1 is 1.60 bits per heavy atom. The van der Waals surface area contributed by atoms with Gasteiger partial charge in [-0.15, -0.1) is 0 Å². The third-order valence-electron chi connectivity index (χ3n) is 1.73. The molecule has 0 bridgehead atoms. The predicted molar refractivity (Wildman–Crippen MR) is 61.5 cm³/mol. The first-order valence-electron chi connectivity index (χ1n) is 4.05. The van der Waals surface area contributed by atoms with Gasteiger partial charge in [0.15, 0.2) is 5.69 Å². The molecule has 15 heavy (non-hydrogen) atoms. The molecule has 0 unspecified atom stereocenters. The number of hydrogen-bond donors (Lipinski definition) is 2. The summed E-state index contributed by atoms with van der Waals surface area (Å²) in [7, 11) is 0. The molecule has 0 atom stereocenters. The second-order valence-corrected chi connectivity index (χ2v) is 3.99. The largest absolute Gasteiger partial charge is 0.215 e. The van der Waals surface area contributed by atoms with Gasteiger partial charge in [0, 0.05) is 10.5 Å². The molecule has 0 aliphatic heterocycles. The van der Waals surface area contributed by atoms with Crippen LogP contribution in [-0.2, 0) is 0 Å². The maximum atomic E-state index is 13.0. The van der Waals surface area contributed by atoms with Crippen LogP contribution in [0.1, 0.15) is 5.56 Å². The van der Waals surface area contributed by atoms with Gasteiger partial charge >= 0.3 is 0 Å². The molecule has 5 heteroatoms. The fourth-order valence-electron chi connectivity index (χ4n) is 1.13. The summed E-state index contributed by atoms with van der Waals surface area (Å²) in [5.74, 6) is -0.450. The fourth-order valence-corrected chi connectivity index (χ4v) is 2.21. The summed E-state index contributed by atoms with van der Waals surface area (Å²) in [4.78, 5) is 0. The minimum absolute atomic E-state index is 0.310. The maximum Gasteiger partial charge on any atom is 0.174 e. The molecule has 0 amide bonds. The smallest absolute Gasteiger partial charge is 0.174 e. The quantitative estimate of drug-likeness (QED) is 0.502. The standard InChI is InChI=1S/C10H8BrClFNO/c1-2-3-8(12)10-7(11)4-6(13)5-9(10)14-15/h2-5,14-15H,1H2/p+1. The lowest BCUT2D eigenvalue weighted by Crippen LogP contribution is -2.74. The third-order valence-corrected chi connectivity index (χ3v) is 2.67. The lowest BCUT2D eigenvalue weighted by atomic mass is 10.1. The van der Waals surface area contributed by atoms with Gasteiger partial charge in [0.2, 0.25) is 0 Å². The summed E-state index contributed by atoms with van der Waals surface area (Å²) in [5, 5.41) is 9.33. The predicted octanol–water partition coefficient (Wildman–Crippen LogP) is 2.94. The Bertz CT molecular complexity index is 420. The highest BCUT2D eigenvalue weighted by molar-refractivity contribution is 9.10. The van der Waals surface area contributed by atoms with Gasteiger partial charge in [0.25, 0.3) is 0 Å². The summed E-state index contributed by atoms with van der Waals surface area (Å²) in [6, 6.07) is 2.47. The molecule has 3 N–H and O–H groups in total. The monoisotopic (exact) mass is 292 g/mol. The topological polar surface area (TPSA) is 36.8 Å². The van der Waals surface area contributed by atoms with Gasteiger partial charge < -0.3 is 0 Å². The fraction of sp³-hybridized carbons (Fsp3) is 0. The highest BCUT2D eigenvalue weighted by Crippen LogP contribution is 2.32. The minimum atomic E-state index is -0.450. The lowest BCUT2D eigenvalue weighted by molar-refractivity contribution is -0.825. The molecular weight excluding hydrogens is 284 g/mol. The average molecular weight is 294 g/mol. The zero-order valence-electron chi connectivity index (χ0n) is 7.67. The van der Waals surface area contributed by atoms with Crippen LogP contribution >= 0.6 is 27.5 Å². The molecule has 2 nitrogen and oxygen atoms in total. The molecule has 80 valence electrons. The molecule has 0 saturated carbocycles. The van der Waals surface area contributed by atoms with Gasteiger partial charge in [-0.25, -0.2) is 9.60 Å². The van der Waals surface area contributed by atoms with Crippen LogP contribution < -0.4 is 5.48 Å². The zero-order chi connectivity index (χ0) is 11.4. The SMILES string of the molecule is C=CC=C(Cl)c1c(Br)cc(F)cc1[NH2+]O. The van der Waals surface area contributed by atoms with Gasteiger partial charge in [-0.05, 0) is 28.1 Å². The highest BCUT2D eigenvalue weighted by atomic mass is 79.9. The summed E-state index contributed by atoms with van der Waals surface area (Å²) in [6.45, 7) is 3.51. The van der Waals surface area contributed by atoms with E-state index in [2.05, 4.69) is 22.5 Å². The number of quaternary nitrogens is 1. The van der Waals surface area contributed by atoms with Crippen molar-refractivity contribution < 1.29 is 15.1 Å². The Balaban J connectivity index is 3.38. The van der Waals surface area contributed by atoms with Crippen LogP contribution in [0.4, 0.5) is 10.1 Å². The maximum absolute atomic E-state index is 13.0. The zero-order valence-corrected chi connectivity index (χ0v) is 10.0. The van der Waals surface area contributed by atoms with Crippen molar-refractivity contribution in [3.05, 3.63) is 46.7 Å².